The van der Waals surface area contributed by atoms with Gasteiger partial charge in [-0.05, 0) is 38.8 Å². The fourth-order valence-electron chi connectivity index (χ4n) is 4.90. The highest BCUT2D eigenvalue weighted by molar-refractivity contribution is 5.25. The monoisotopic (exact) mass is 399 g/mol. The minimum atomic E-state index is 0.182. The van der Waals surface area contributed by atoms with Crippen molar-refractivity contribution in [2.45, 2.75) is 45.8 Å². The van der Waals surface area contributed by atoms with Gasteiger partial charge in [0.25, 0.3) is 5.56 Å². The predicted octanol–water partition coefficient (Wildman–Crippen LogP) is 1.55. The van der Waals surface area contributed by atoms with Gasteiger partial charge in [0.15, 0.2) is 0 Å². The molecule has 0 amide bonds. The predicted molar refractivity (Wildman–Crippen MR) is 113 cm³/mol. The molecule has 0 radical (unpaired) electrons. The van der Waals surface area contributed by atoms with E-state index in [2.05, 4.69) is 35.2 Å². The van der Waals surface area contributed by atoms with Crippen LogP contribution in [0, 0.1) is 19.8 Å². The third kappa shape index (κ3) is 4.04. The molecule has 2 aromatic heterocycles. The second kappa shape index (κ2) is 8.42. The van der Waals surface area contributed by atoms with Crippen LogP contribution in [0.4, 0.5) is 0 Å². The van der Waals surface area contributed by atoms with Crippen LogP contribution >= 0.6 is 0 Å². The largest absolute Gasteiger partial charge is 0.383 e. The highest BCUT2D eigenvalue weighted by atomic mass is 16.5. The number of pyridine rings is 1. The smallest absolute Gasteiger partial charge is 0.255 e. The number of nitrogens with one attached hydrogen (secondary N) is 1. The number of ether oxygens (including phenoxy) is 1. The van der Waals surface area contributed by atoms with Crippen molar-refractivity contribution in [1.82, 2.24) is 24.6 Å². The van der Waals surface area contributed by atoms with Crippen LogP contribution in [0.15, 0.2) is 16.9 Å². The number of nitrogens with zero attached hydrogens (tertiary/aromatic N) is 4. The van der Waals surface area contributed by atoms with E-state index in [4.69, 9.17) is 4.74 Å². The van der Waals surface area contributed by atoms with Crippen molar-refractivity contribution in [3.05, 3.63) is 50.7 Å². The first-order valence-corrected chi connectivity index (χ1v) is 10.6. The summed E-state index contributed by atoms with van der Waals surface area (Å²) in [6.45, 7) is 9.81. The standard InChI is InChI=1S/C22H33N5O2/c1-15-20(16(2)25(3)24-15)14-26(7-8-29-4)13-18-5-6-21-19-9-17(10-23-11-19)12-27(21)22(18)28/h5-6,17,19,23H,7-14H2,1-4H3/t17-,19+/m0/s1. The molecule has 29 heavy (non-hydrogen) atoms. The van der Waals surface area contributed by atoms with Crippen LogP contribution < -0.4 is 10.9 Å². The highest BCUT2D eigenvalue weighted by Gasteiger charge is 2.31. The van der Waals surface area contributed by atoms with Crippen LogP contribution in [0.2, 0.25) is 0 Å². The summed E-state index contributed by atoms with van der Waals surface area (Å²) in [4.78, 5) is 15.6. The third-order valence-electron chi connectivity index (χ3n) is 6.63. The molecule has 0 saturated carbocycles. The topological polar surface area (TPSA) is 64.3 Å². The lowest BCUT2D eigenvalue weighted by atomic mass is 9.84. The van der Waals surface area contributed by atoms with Gasteiger partial charge >= 0.3 is 0 Å². The molecule has 2 atom stereocenters. The van der Waals surface area contributed by atoms with E-state index in [0.717, 1.165) is 44.0 Å². The van der Waals surface area contributed by atoms with E-state index in [1.807, 2.05) is 22.4 Å². The van der Waals surface area contributed by atoms with Crippen molar-refractivity contribution in [2.24, 2.45) is 13.0 Å². The Morgan fingerprint density at radius 2 is 2.10 bits per heavy atom. The van der Waals surface area contributed by atoms with Gasteiger partial charge in [-0.3, -0.25) is 14.4 Å². The number of piperidine rings is 1. The average Bonchev–Trinajstić information content (AvgIpc) is 2.94. The number of aryl methyl sites for hydroxylation is 2. The molecule has 1 fully saturated rings. The third-order valence-corrected chi connectivity index (χ3v) is 6.63. The molecular formula is C22H33N5O2. The summed E-state index contributed by atoms with van der Waals surface area (Å²) in [5.41, 5.74) is 5.72. The summed E-state index contributed by atoms with van der Waals surface area (Å²) < 4.78 is 9.31. The summed E-state index contributed by atoms with van der Waals surface area (Å²) in [5, 5.41) is 8.06. The van der Waals surface area contributed by atoms with Crippen molar-refractivity contribution >= 4 is 0 Å². The van der Waals surface area contributed by atoms with E-state index in [1.54, 1.807) is 7.11 Å². The van der Waals surface area contributed by atoms with E-state index in [0.29, 0.717) is 25.0 Å². The first-order valence-electron chi connectivity index (χ1n) is 10.6. The SMILES string of the molecule is COCCN(Cc1c(C)nn(C)c1C)Cc1ccc2n(c1=O)C[C@@H]1CNC[C@H]2C1. The number of hydrogen-bond acceptors (Lipinski definition) is 5. The van der Waals surface area contributed by atoms with Crippen LogP contribution in [0.25, 0.3) is 0 Å². The summed E-state index contributed by atoms with van der Waals surface area (Å²) in [6, 6.07) is 4.23. The zero-order chi connectivity index (χ0) is 20.5. The molecule has 4 heterocycles. The molecule has 2 aromatic rings. The van der Waals surface area contributed by atoms with Crippen molar-refractivity contribution in [3.8, 4) is 0 Å². The van der Waals surface area contributed by atoms with Gasteiger partial charge < -0.3 is 14.6 Å². The second-order valence-corrected chi connectivity index (χ2v) is 8.63. The molecule has 2 aliphatic heterocycles. The molecule has 1 saturated heterocycles. The molecule has 0 unspecified atom stereocenters. The van der Waals surface area contributed by atoms with E-state index < -0.39 is 0 Å². The summed E-state index contributed by atoms with van der Waals surface area (Å²) >= 11 is 0. The van der Waals surface area contributed by atoms with Crippen LogP contribution in [0.3, 0.4) is 0 Å². The average molecular weight is 400 g/mol. The van der Waals surface area contributed by atoms with Gasteiger partial charge in [-0.2, -0.15) is 5.10 Å². The number of methoxy groups -OCH3 is 1. The molecule has 0 spiro atoms. The number of fused-ring (bicyclic) bond motifs is 4. The van der Waals surface area contributed by atoms with E-state index >= 15 is 0 Å². The Hall–Kier alpha value is -1.96. The zero-order valence-electron chi connectivity index (χ0n) is 18.1. The lowest BCUT2D eigenvalue weighted by Crippen LogP contribution is -2.45. The molecule has 7 nitrogen and oxygen atoms in total. The maximum atomic E-state index is 13.3. The lowest BCUT2D eigenvalue weighted by Gasteiger charge is -2.37. The fourth-order valence-corrected chi connectivity index (χ4v) is 4.90. The van der Waals surface area contributed by atoms with Crippen molar-refractivity contribution in [2.75, 3.05) is 33.4 Å². The molecule has 1 N–H and O–H groups in total. The molecule has 2 aliphatic rings. The molecule has 7 heteroatoms. The van der Waals surface area contributed by atoms with E-state index in [9.17, 15) is 4.79 Å². The van der Waals surface area contributed by atoms with Crippen LogP contribution in [0.5, 0.6) is 0 Å². The first-order chi connectivity index (χ1) is 14.0. The Kier molecular flexibility index (Phi) is 5.90. The minimum Gasteiger partial charge on any atom is -0.383 e. The van der Waals surface area contributed by atoms with Gasteiger partial charge in [-0.25, -0.2) is 0 Å². The maximum absolute atomic E-state index is 13.3. The Labute approximate surface area is 172 Å². The Balaban J connectivity index is 1.59. The van der Waals surface area contributed by atoms with Gasteiger partial charge in [0.1, 0.15) is 0 Å². The number of hydrogen-bond donors (Lipinski definition) is 1. The van der Waals surface area contributed by atoms with E-state index in [1.165, 1.54) is 23.4 Å². The van der Waals surface area contributed by atoms with Crippen LogP contribution in [-0.4, -0.2) is 52.6 Å². The number of aromatic nitrogens is 3. The summed E-state index contributed by atoms with van der Waals surface area (Å²) in [6.07, 6.45) is 1.20. The summed E-state index contributed by atoms with van der Waals surface area (Å²) in [7, 11) is 3.70. The van der Waals surface area contributed by atoms with Gasteiger partial charge in [0.2, 0.25) is 0 Å². The molecule has 2 bridgehead atoms. The van der Waals surface area contributed by atoms with Crippen LogP contribution in [-0.2, 0) is 31.4 Å². The minimum absolute atomic E-state index is 0.182. The normalized spacial score (nSPS) is 20.9. The van der Waals surface area contributed by atoms with Gasteiger partial charge in [-0.1, -0.05) is 6.07 Å². The van der Waals surface area contributed by atoms with Crippen molar-refractivity contribution in [1.29, 1.82) is 0 Å². The highest BCUT2D eigenvalue weighted by Crippen LogP contribution is 2.31. The quantitative estimate of drug-likeness (QED) is 0.765. The fraction of sp³-hybridized carbons (Fsp3) is 0.636. The van der Waals surface area contributed by atoms with Gasteiger partial charge in [-0.15, -0.1) is 0 Å². The Morgan fingerprint density at radius 1 is 1.28 bits per heavy atom. The zero-order valence-corrected chi connectivity index (χ0v) is 18.1. The van der Waals surface area contributed by atoms with Crippen molar-refractivity contribution in [3.63, 3.8) is 0 Å². The van der Waals surface area contributed by atoms with Gasteiger partial charge in [0.05, 0.1) is 12.3 Å². The van der Waals surface area contributed by atoms with E-state index in [-0.39, 0.29) is 5.56 Å². The molecule has 0 aromatic carbocycles. The molecule has 0 aliphatic carbocycles. The Morgan fingerprint density at radius 3 is 2.83 bits per heavy atom. The molecule has 158 valence electrons. The maximum Gasteiger partial charge on any atom is 0.255 e. The number of rotatable bonds is 7. The summed E-state index contributed by atoms with van der Waals surface area (Å²) in [5.74, 6) is 1.04. The molecule has 4 rings (SSSR count). The van der Waals surface area contributed by atoms with Crippen LogP contribution in [0.1, 0.15) is 40.5 Å². The van der Waals surface area contributed by atoms with Gasteiger partial charge in [0, 0.05) is 75.3 Å². The van der Waals surface area contributed by atoms with Crippen molar-refractivity contribution < 1.29 is 4.74 Å². The second-order valence-electron chi connectivity index (χ2n) is 8.63. The first kappa shape index (κ1) is 20.3. The molecular weight excluding hydrogens is 366 g/mol. The Bertz CT molecular complexity index is 932. The lowest BCUT2D eigenvalue weighted by molar-refractivity contribution is 0.139.